The van der Waals surface area contributed by atoms with Crippen LogP contribution in [0.5, 0.6) is 5.75 Å². The van der Waals surface area contributed by atoms with Crippen LogP contribution in [0.2, 0.25) is 0 Å². The van der Waals surface area contributed by atoms with E-state index in [9.17, 15) is 13.2 Å². The summed E-state index contributed by atoms with van der Waals surface area (Å²) in [5, 5.41) is 2.75. The predicted molar refractivity (Wildman–Crippen MR) is 117 cm³/mol. The minimum Gasteiger partial charge on any atom is -0.490 e. The van der Waals surface area contributed by atoms with Gasteiger partial charge < -0.3 is 10.1 Å². The summed E-state index contributed by atoms with van der Waals surface area (Å²) in [6, 6.07) is 12.7. The Bertz CT molecular complexity index is 1010. The Morgan fingerprint density at radius 1 is 1.14 bits per heavy atom. The lowest BCUT2D eigenvalue weighted by molar-refractivity contribution is -0.111. The van der Waals surface area contributed by atoms with Crippen LogP contribution >= 0.6 is 0 Å². The predicted octanol–water partition coefficient (Wildman–Crippen LogP) is 4.34. The Morgan fingerprint density at radius 2 is 1.90 bits per heavy atom. The van der Waals surface area contributed by atoms with E-state index in [2.05, 4.69) is 10.0 Å². The molecular formula is C22H26N2O4S. The van der Waals surface area contributed by atoms with E-state index in [0.29, 0.717) is 11.4 Å². The van der Waals surface area contributed by atoms with E-state index in [1.165, 1.54) is 18.9 Å². The van der Waals surface area contributed by atoms with Crippen molar-refractivity contribution < 1.29 is 17.9 Å². The van der Waals surface area contributed by atoms with E-state index in [4.69, 9.17) is 4.74 Å². The first-order chi connectivity index (χ1) is 13.8. The third-order valence-corrected chi connectivity index (χ3v) is 5.28. The van der Waals surface area contributed by atoms with Gasteiger partial charge in [-0.1, -0.05) is 18.2 Å². The van der Waals surface area contributed by atoms with E-state index in [1.54, 1.807) is 31.2 Å². The summed E-state index contributed by atoms with van der Waals surface area (Å²) in [5.41, 5.74) is 2.59. The van der Waals surface area contributed by atoms with Gasteiger partial charge in [-0.15, -0.1) is 0 Å². The minimum atomic E-state index is -3.39. The lowest BCUT2D eigenvalue weighted by Crippen LogP contribution is -2.12. The number of hydrogen-bond acceptors (Lipinski definition) is 4. The SMILES string of the molecule is Cc1ccc(NC(=O)/C=C/c2cccc(OC3CCCC3)c2)cc1NS(C)(=O)=O. The molecule has 2 N–H and O–H groups in total. The van der Waals surface area contributed by atoms with Crippen LogP contribution in [0, 0.1) is 6.92 Å². The van der Waals surface area contributed by atoms with Gasteiger partial charge in [0, 0.05) is 11.8 Å². The molecule has 7 heteroatoms. The molecule has 0 atom stereocenters. The molecule has 29 heavy (non-hydrogen) atoms. The van der Waals surface area contributed by atoms with Gasteiger partial charge in [-0.25, -0.2) is 8.42 Å². The van der Waals surface area contributed by atoms with Crippen molar-refractivity contribution in [1.29, 1.82) is 0 Å². The zero-order valence-electron chi connectivity index (χ0n) is 16.6. The van der Waals surface area contributed by atoms with Crippen molar-refractivity contribution in [2.75, 3.05) is 16.3 Å². The van der Waals surface area contributed by atoms with Crippen LogP contribution < -0.4 is 14.8 Å². The number of carbonyl (C=O) groups is 1. The number of amides is 1. The molecule has 1 fully saturated rings. The molecule has 6 nitrogen and oxygen atoms in total. The van der Waals surface area contributed by atoms with E-state index < -0.39 is 10.0 Å². The number of carbonyl (C=O) groups excluding carboxylic acids is 1. The largest absolute Gasteiger partial charge is 0.490 e. The lowest BCUT2D eigenvalue weighted by atomic mass is 10.2. The van der Waals surface area contributed by atoms with Crippen molar-refractivity contribution in [1.82, 2.24) is 0 Å². The molecule has 0 bridgehead atoms. The zero-order chi connectivity index (χ0) is 20.9. The first kappa shape index (κ1) is 20.9. The summed E-state index contributed by atoms with van der Waals surface area (Å²) in [6.45, 7) is 1.79. The molecule has 3 rings (SSSR count). The normalized spacial score (nSPS) is 14.8. The average molecular weight is 415 g/mol. The molecule has 0 spiro atoms. The molecule has 2 aromatic carbocycles. The maximum atomic E-state index is 12.3. The first-order valence-electron chi connectivity index (χ1n) is 9.63. The van der Waals surface area contributed by atoms with Crippen molar-refractivity contribution in [3.8, 4) is 5.75 Å². The van der Waals surface area contributed by atoms with Gasteiger partial charge in [0.2, 0.25) is 15.9 Å². The number of aryl methyl sites for hydroxylation is 1. The molecule has 0 saturated heterocycles. The van der Waals surface area contributed by atoms with Crippen molar-refractivity contribution in [3.63, 3.8) is 0 Å². The van der Waals surface area contributed by atoms with Gasteiger partial charge in [0.1, 0.15) is 5.75 Å². The topological polar surface area (TPSA) is 84.5 Å². The fourth-order valence-electron chi connectivity index (χ4n) is 3.26. The van der Waals surface area contributed by atoms with Gasteiger partial charge in [-0.3, -0.25) is 9.52 Å². The van der Waals surface area contributed by atoms with E-state index >= 15 is 0 Å². The van der Waals surface area contributed by atoms with Crippen LogP contribution in [0.25, 0.3) is 6.08 Å². The van der Waals surface area contributed by atoms with E-state index in [0.717, 1.165) is 36.0 Å². The number of rotatable bonds is 7. The van der Waals surface area contributed by atoms with Gasteiger partial charge >= 0.3 is 0 Å². The summed E-state index contributed by atoms with van der Waals surface area (Å²) in [5.74, 6) is 0.510. The van der Waals surface area contributed by atoms with Gasteiger partial charge in [-0.05, 0) is 74.1 Å². The van der Waals surface area contributed by atoms with Crippen molar-refractivity contribution in [2.45, 2.75) is 38.7 Å². The maximum Gasteiger partial charge on any atom is 0.248 e. The molecule has 2 aromatic rings. The van der Waals surface area contributed by atoms with Gasteiger partial charge in [0.15, 0.2) is 0 Å². The highest BCUT2D eigenvalue weighted by molar-refractivity contribution is 7.92. The summed E-state index contributed by atoms with van der Waals surface area (Å²) in [6.07, 6.45) is 9.15. The molecule has 1 aliphatic carbocycles. The Hall–Kier alpha value is -2.80. The van der Waals surface area contributed by atoms with Crippen molar-refractivity contribution >= 4 is 33.4 Å². The van der Waals surface area contributed by atoms with Crippen LogP contribution in [0.4, 0.5) is 11.4 Å². The molecule has 0 aliphatic heterocycles. The van der Waals surface area contributed by atoms with Gasteiger partial charge in [0.25, 0.3) is 0 Å². The molecule has 154 valence electrons. The molecule has 1 aliphatic rings. The van der Waals surface area contributed by atoms with E-state index in [1.807, 2.05) is 24.3 Å². The molecule has 1 amide bonds. The molecule has 0 radical (unpaired) electrons. The minimum absolute atomic E-state index is 0.286. The van der Waals surface area contributed by atoms with Gasteiger partial charge in [0.05, 0.1) is 18.0 Å². The van der Waals surface area contributed by atoms with Crippen LogP contribution in [0.3, 0.4) is 0 Å². The molecule has 0 unspecified atom stereocenters. The van der Waals surface area contributed by atoms with Gasteiger partial charge in [-0.2, -0.15) is 0 Å². The smallest absolute Gasteiger partial charge is 0.248 e. The highest BCUT2D eigenvalue weighted by atomic mass is 32.2. The molecular weight excluding hydrogens is 388 g/mol. The second-order valence-electron chi connectivity index (χ2n) is 7.32. The lowest BCUT2D eigenvalue weighted by Gasteiger charge is -2.13. The molecule has 0 aromatic heterocycles. The quantitative estimate of drug-likeness (QED) is 0.660. The van der Waals surface area contributed by atoms with Crippen LogP contribution in [-0.4, -0.2) is 26.7 Å². The third-order valence-electron chi connectivity index (χ3n) is 4.69. The number of hydrogen-bond donors (Lipinski definition) is 2. The second kappa shape index (κ2) is 9.13. The Balaban J connectivity index is 1.63. The van der Waals surface area contributed by atoms with Crippen LogP contribution in [-0.2, 0) is 14.8 Å². The third kappa shape index (κ3) is 6.64. The Kier molecular flexibility index (Phi) is 6.59. The summed E-state index contributed by atoms with van der Waals surface area (Å²) >= 11 is 0. The first-order valence-corrected chi connectivity index (χ1v) is 11.5. The number of sulfonamides is 1. The second-order valence-corrected chi connectivity index (χ2v) is 9.07. The Labute approximate surface area is 172 Å². The highest BCUT2D eigenvalue weighted by Crippen LogP contribution is 2.25. The average Bonchev–Trinajstić information content (AvgIpc) is 3.15. The molecule has 0 heterocycles. The van der Waals surface area contributed by atoms with Crippen molar-refractivity contribution in [2.24, 2.45) is 0 Å². The fourth-order valence-corrected chi connectivity index (χ4v) is 3.87. The summed E-state index contributed by atoms with van der Waals surface area (Å²) in [7, 11) is -3.39. The number of nitrogens with one attached hydrogen (secondary N) is 2. The molecule has 1 saturated carbocycles. The highest BCUT2D eigenvalue weighted by Gasteiger charge is 2.16. The summed E-state index contributed by atoms with van der Waals surface area (Å²) < 4.78 is 31.4. The van der Waals surface area contributed by atoms with E-state index in [-0.39, 0.29) is 12.0 Å². The van der Waals surface area contributed by atoms with Crippen LogP contribution in [0.1, 0.15) is 36.8 Å². The fraction of sp³-hybridized carbons (Fsp3) is 0.318. The monoisotopic (exact) mass is 414 g/mol. The number of ether oxygens (including phenoxy) is 1. The standard InChI is InChI=1S/C22H26N2O4S/c1-16-10-12-18(15-21(16)24-29(2,26)27)23-22(25)13-11-17-6-5-9-20(14-17)28-19-7-3-4-8-19/h5-6,9-15,19,24H,3-4,7-8H2,1-2H3,(H,23,25)/b13-11+. The summed E-state index contributed by atoms with van der Waals surface area (Å²) in [4.78, 5) is 12.3. The maximum absolute atomic E-state index is 12.3. The Morgan fingerprint density at radius 3 is 2.62 bits per heavy atom. The van der Waals surface area contributed by atoms with Crippen molar-refractivity contribution in [3.05, 3.63) is 59.7 Å². The number of anilines is 2. The zero-order valence-corrected chi connectivity index (χ0v) is 17.5. The van der Waals surface area contributed by atoms with Crippen LogP contribution in [0.15, 0.2) is 48.5 Å². The number of benzene rings is 2.